The average Bonchev–Trinajstić information content (AvgIpc) is 2.82. The van der Waals surface area contributed by atoms with Crippen LogP contribution in [0, 0.1) is 11.3 Å². The van der Waals surface area contributed by atoms with Crippen LogP contribution in [0.25, 0.3) is 22.2 Å². The van der Waals surface area contributed by atoms with E-state index in [0.717, 1.165) is 22.2 Å². The Morgan fingerprint density at radius 2 is 2.12 bits per heavy atom. The van der Waals surface area contributed by atoms with Gasteiger partial charge in [0.05, 0.1) is 11.6 Å². The first kappa shape index (κ1) is 9.61. The van der Waals surface area contributed by atoms with Crippen molar-refractivity contribution in [1.29, 1.82) is 5.26 Å². The molecule has 0 aliphatic carbocycles. The molecule has 0 radical (unpaired) electrons. The molecule has 0 aliphatic heterocycles. The highest BCUT2D eigenvalue weighted by Gasteiger charge is 2.06. The molecule has 3 aromatic rings. The Kier molecular flexibility index (Phi) is 2.13. The number of nitrogens with one attached hydrogen (secondary N) is 1. The summed E-state index contributed by atoms with van der Waals surface area (Å²) in [5.41, 5.74) is 3.64. The van der Waals surface area contributed by atoms with Gasteiger partial charge < -0.3 is 4.98 Å². The van der Waals surface area contributed by atoms with Gasteiger partial charge in [-0.15, -0.1) is 0 Å². The molecule has 3 rings (SSSR count). The number of rotatable bonds is 1. The maximum Gasteiger partial charge on any atom is 0.137 e. The van der Waals surface area contributed by atoms with Gasteiger partial charge in [0.2, 0.25) is 0 Å². The summed E-state index contributed by atoms with van der Waals surface area (Å²) in [7, 11) is 0. The van der Waals surface area contributed by atoms with E-state index in [2.05, 4.69) is 16.0 Å². The van der Waals surface area contributed by atoms with Gasteiger partial charge in [-0.2, -0.15) is 5.26 Å². The first-order valence-corrected chi connectivity index (χ1v) is 5.31. The molecule has 0 spiro atoms. The van der Waals surface area contributed by atoms with Crippen molar-refractivity contribution in [1.82, 2.24) is 9.97 Å². The molecule has 1 N–H and O–H groups in total. The Bertz CT molecular complexity index is 719. The Morgan fingerprint density at radius 1 is 1.18 bits per heavy atom. The van der Waals surface area contributed by atoms with Crippen LogP contribution < -0.4 is 0 Å². The fraction of sp³-hybridized carbons (Fsp3) is 0. The molecule has 2 aromatic heterocycles. The van der Waals surface area contributed by atoms with Crippen molar-refractivity contribution in [3.63, 3.8) is 0 Å². The lowest BCUT2D eigenvalue weighted by atomic mass is 10.0. The van der Waals surface area contributed by atoms with E-state index in [-0.39, 0.29) is 0 Å². The highest BCUT2D eigenvalue weighted by molar-refractivity contribution is 5.93. The summed E-state index contributed by atoms with van der Waals surface area (Å²) in [5.74, 6) is 0. The molecule has 1 aromatic carbocycles. The van der Waals surface area contributed by atoms with Gasteiger partial charge in [0, 0.05) is 23.3 Å². The molecule has 0 fully saturated rings. The van der Waals surface area contributed by atoms with Gasteiger partial charge >= 0.3 is 0 Å². The zero-order valence-electron chi connectivity index (χ0n) is 9.01. The number of benzene rings is 1. The number of aromatic amines is 1. The Morgan fingerprint density at radius 3 is 3.00 bits per heavy atom. The van der Waals surface area contributed by atoms with Gasteiger partial charge in [-0.3, -0.25) is 0 Å². The summed E-state index contributed by atoms with van der Waals surface area (Å²) in [6.07, 6.45) is 3.68. The average molecular weight is 219 g/mol. The number of nitrogens with zero attached hydrogens (tertiary/aromatic N) is 2. The van der Waals surface area contributed by atoms with Crippen molar-refractivity contribution >= 4 is 11.0 Å². The van der Waals surface area contributed by atoms with Gasteiger partial charge in [-0.05, 0) is 29.8 Å². The predicted octanol–water partition coefficient (Wildman–Crippen LogP) is 3.10. The van der Waals surface area contributed by atoms with Crippen molar-refractivity contribution in [2.75, 3.05) is 0 Å². The number of nitriles is 1. The van der Waals surface area contributed by atoms with E-state index in [1.54, 1.807) is 12.3 Å². The predicted molar refractivity (Wildman–Crippen MR) is 66.2 cm³/mol. The van der Waals surface area contributed by atoms with Crippen LogP contribution >= 0.6 is 0 Å². The molecule has 0 saturated heterocycles. The van der Waals surface area contributed by atoms with Crippen molar-refractivity contribution in [3.05, 3.63) is 54.4 Å². The number of H-pyrrole nitrogens is 1. The second kappa shape index (κ2) is 3.76. The van der Waals surface area contributed by atoms with Crippen LogP contribution in [-0.4, -0.2) is 9.97 Å². The molecule has 2 heterocycles. The fourth-order valence-electron chi connectivity index (χ4n) is 1.95. The molecule has 3 heteroatoms. The molecule has 3 nitrogen and oxygen atoms in total. The summed E-state index contributed by atoms with van der Waals surface area (Å²) in [5, 5.41) is 9.97. The van der Waals surface area contributed by atoms with Crippen LogP contribution in [0.2, 0.25) is 0 Å². The third-order valence-corrected chi connectivity index (χ3v) is 2.75. The maximum absolute atomic E-state index is 8.90. The zero-order chi connectivity index (χ0) is 11.7. The van der Waals surface area contributed by atoms with E-state index < -0.39 is 0 Å². The highest BCUT2D eigenvalue weighted by Crippen LogP contribution is 2.27. The van der Waals surface area contributed by atoms with Crippen LogP contribution in [-0.2, 0) is 0 Å². The molecule has 0 bridgehead atoms. The van der Waals surface area contributed by atoms with E-state index in [4.69, 9.17) is 5.26 Å². The minimum absolute atomic E-state index is 0.667. The van der Waals surface area contributed by atoms with Crippen LogP contribution in [0.3, 0.4) is 0 Å². The Labute approximate surface area is 98.4 Å². The summed E-state index contributed by atoms with van der Waals surface area (Å²) in [4.78, 5) is 7.38. The van der Waals surface area contributed by atoms with Crippen molar-refractivity contribution in [2.45, 2.75) is 0 Å². The first-order chi connectivity index (χ1) is 8.38. The van der Waals surface area contributed by atoms with Gasteiger partial charge in [-0.1, -0.05) is 12.1 Å². The van der Waals surface area contributed by atoms with Crippen LogP contribution in [0.1, 0.15) is 5.56 Å². The lowest BCUT2D eigenvalue weighted by Crippen LogP contribution is -1.79. The highest BCUT2D eigenvalue weighted by atomic mass is 14.8. The lowest BCUT2D eigenvalue weighted by molar-refractivity contribution is 1.33. The number of fused-ring (bicyclic) bond motifs is 1. The van der Waals surface area contributed by atoms with Crippen LogP contribution in [0.15, 0.2) is 48.8 Å². The SMILES string of the molecule is N#Cc1cccc(-c2c[nH]c3ncccc23)c1. The zero-order valence-corrected chi connectivity index (χ0v) is 9.01. The fourth-order valence-corrected chi connectivity index (χ4v) is 1.95. The molecule has 0 amide bonds. The Hall–Kier alpha value is -2.60. The van der Waals surface area contributed by atoms with Gasteiger partial charge in [0.25, 0.3) is 0 Å². The number of pyridine rings is 1. The van der Waals surface area contributed by atoms with Gasteiger partial charge in [0.1, 0.15) is 5.65 Å². The molecule has 0 saturated carbocycles. The molecular formula is C14H9N3. The normalized spacial score (nSPS) is 10.3. The minimum atomic E-state index is 0.667. The number of hydrogen-bond acceptors (Lipinski definition) is 2. The van der Waals surface area contributed by atoms with Gasteiger partial charge in [0.15, 0.2) is 0 Å². The minimum Gasteiger partial charge on any atom is -0.346 e. The van der Waals surface area contributed by atoms with E-state index in [9.17, 15) is 0 Å². The van der Waals surface area contributed by atoms with E-state index in [1.165, 1.54) is 0 Å². The van der Waals surface area contributed by atoms with Gasteiger partial charge in [-0.25, -0.2) is 4.98 Å². The number of hydrogen-bond donors (Lipinski definition) is 1. The largest absolute Gasteiger partial charge is 0.346 e. The standard InChI is InChI=1S/C14H9N3/c15-8-10-3-1-4-11(7-10)13-9-17-14-12(13)5-2-6-16-14/h1-7,9H,(H,16,17). The van der Waals surface area contributed by atoms with E-state index >= 15 is 0 Å². The molecule has 80 valence electrons. The smallest absolute Gasteiger partial charge is 0.137 e. The first-order valence-electron chi connectivity index (χ1n) is 5.31. The van der Waals surface area contributed by atoms with Crippen LogP contribution in [0.4, 0.5) is 0 Å². The monoisotopic (exact) mass is 219 g/mol. The van der Waals surface area contributed by atoms with Crippen molar-refractivity contribution in [2.24, 2.45) is 0 Å². The topological polar surface area (TPSA) is 52.5 Å². The summed E-state index contributed by atoms with van der Waals surface area (Å²) in [6, 6.07) is 13.7. The molecule has 17 heavy (non-hydrogen) atoms. The second-order valence-corrected chi connectivity index (χ2v) is 3.79. The lowest BCUT2D eigenvalue weighted by Gasteiger charge is -1.99. The van der Waals surface area contributed by atoms with Crippen molar-refractivity contribution in [3.8, 4) is 17.2 Å². The summed E-state index contributed by atoms with van der Waals surface area (Å²) in [6.45, 7) is 0. The molecule has 0 unspecified atom stereocenters. The quantitative estimate of drug-likeness (QED) is 0.683. The van der Waals surface area contributed by atoms with E-state index in [1.807, 2.05) is 36.5 Å². The second-order valence-electron chi connectivity index (χ2n) is 3.79. The molecule has 0 atom stereocenters. The molecular weight excluding hydrogens is 210 g/mol. The van der Waals surface area contributed by atoms with Crippen molar-refractivity contribution < 1.29 is 0 Å². The maximum atomic E-state index is 8.90. The van der Waals surface area contributed by atoms with E-state index in [0.29, 0.717) is 5.56 Å². The summed E-state index contributed by atoms with van der Waals surface area (Å²) >= 11 is 0. The number of aromatic nitrogens is 2. The molecule has 0 aliphatic rings. The van der Waals surface area contributed by atoms with Crippen LogP contribution in [0.5, 0.6) is 0 Å². The third-order valence-electron chi connectivity index (χ3n) is 2.75. The summed E-state index contributed by atoms with van der Waals surface area (Å²) < 4.78 is 0. The Balaban J connectivity index is 2.24. The third kappa shape index (κ3) is 1.56.